The molecule has 2 aromatic rings. The number of hydrogen-bond acceptors (Lipinski definition) is 6. The standard InChI is InChI=1S/C23H36N6O/c1-4-5-8-21(23-24-25-26-29(23)17-20-7-6-15-30-20)27-11-13-28(14-12-27)22-16-18(2)9-10-19(22)3/h9-10,16,20-21H,4-8,11-15,17H2,1-3H3/t20-,21-/m0/s1. The smallest absolute Gasteiger partial charge is 0.168 e. The second-order valence-electron chi connectivity index (χ2n) is 8.83. The molecule has 0 spiro atoms. The summed E-state index contributed by atoms with van der Waals surface area (Å²) in [4.78, 5) is 5.13. The molecule has 0 radical (unpaired) electrons. The van der Waals surface area contributed by atoms with Gasteiger partial charge in [0.2, 0.25) is 0 Å². The summed E-state index contributed by atoms with van der Waals surface area (Å²) in [6.07, 6.45) is 5.97. The molecule has 0 bridgehead atoms. The van der Waals surface area contributed by atoms with Crippen LogP contribution in [0.3, 0.4) is 0 Å². The van der Waals surface area contributed by atoms with Crippen molar-refractivity contribution in [3.8, 4) is 0 Å². The van der Waals surface area contributed by atoms with Gasteiger partial charge >= 0.3 is 0 Å². The Morgan fingerprint density at radius 2 is 2.00 bits per heavy atom. The summed E-state index contributed by atoms with van der Waals surface area (Å²) in [5.41, 5.74) is 4.06. The second kappa shape index (κ2) is 9.88. The zero-order chi connectivity index (χ0) is 20.9. The van der Waals surface area contributed by atoms with Crippen molar-refractivity contribution < 1.29 is 4.74 Å². The van der Waals surface area contributed by atoms with Crippen LogP contribution in [0.25, 0.3) is 0 Å². The fourth-order valence-corrected chi connectivity index (χ4v) is 4.77. The minimum Gasteiger partial charge on any atom is -0.376 e. The van der Waals surface area contributed by atoms with Crippen molar-refractivity contribution in [1.82, 2.24) is 25.1 Å². The van der Waals surface area contributed by atoms with Crippen molar-refractivity contribution in [3.05, 3.63) is 35.2 Å². The highest BCUT2D eigenvalue weighted by Crippen LogP contribution is 2.29. The molecular formula is C23H36N6O. The molecule has 2 aliphatic heterocycles. The highest BCUT2D eigenvalue weighted by molar-refractivity contribution is 5.55. The Labute approximate surface area is 180 Å². The number of benzene rings is 1. The van der Waals surface area contributed by atoms with Crippen molar-refractivity contribution in [2.75, 3.05) is 37.7 Å². The largest absolute Gasteiger partial charge is 0.376 e. The van der Waals surface area contributed by atoms with Gasteiger partial charge in [0.05, 0.1) is 18.7 Å². The molecule has 1 aromatic carbocycles. The van der Waals surface area contributed by atoms with Crippen LogP contribution in [0, 0.1) is 13.8 Å². The number of unbranched alkanes of at least 4 members (excludes halogenated alkanes) is 1. The third-order valence-electron chi connectivity index (χ3n) is 6.55. The average Bonchev–Trinajstić information content (AvgIpc) is 3.44. The first kappa shape index (κ1) is 21.2. The van der Waals surface area contributed by atoms with Crippen LogP contribution in [0.2, 0.25) is 0 Å². The second-order valence-corrected chi connectivity index (χ2v) is 8.83. The number of rotatable bonds is 8. The first-order valence-electron chi connectivity index (χ1n) is 11.6. The van der Waals surface area contributed by atoms with E-state index in [0.717, 1.165) is 64.4 Å². The highest BCUT2D eigenvalue weighted by Gasteiger charge is 2.30. The van der Waals surface area contributed by atoms with Gasteiger partial charge in [-0.3, -0.25) is 4.90 Å². The number of ether oxygens (including phenoxy) is 1. The van der Waals surface area contributed by atoms with Gasteiger partial charge in [0.25, 0.3) is 0 Å². The number of anilines is 1. The normalized spacial score (nSPS) is 21.3. The molecular weight excluding hydrogens is 376 g/mol. The van der Waals surface area contributed by atoms with Gasteiger partial charge in [-0.1, -0.05) is 31.9 Å². The molecule has 7 heteroatoms. The number of aryl methyl sites for hydroxylation is 2. The summed E-state index contributed by atoms with van der Waals surface area (Å²) in [5.74, 6) is 1.01. The van der Waals surface area contributed by atoms with Gasteiger partial charge in [0.1, 0.15) is 0 Å². The van der Waals surface area contributed by atoms with E-state index in [1.807, 2.05) is 4.68 Å². The quantitative estimate of drug-likeness (QED) is 0.661. The first-order valence-corrected chi connectivity index (χ1v) is 11.6. The Morgan fingerprint density at radius 1 is 1.17 bits per heavy atom. The Hall–Kier alpha value is -1.99. The first-order chi connectivity index (χ1) is 14.7. The topological polar surface area (TPSA) is 59.3 Å². The summed E-state index contributed by atoms with van der Waals surface area (Å²) in [7, 11) is 0. The number of hydrogen-bond donors (Lipinski definition) is 0. The van der Waals surface area contributed by atoms with Crippen molar-refractivity contribution in [1.29, 1.82) is 0 Å². The molecule has 0 saturated carbocycles. The van der Waals surface area contributed by atoms with E-state index in [-0.39, 0.29) is 12.1 Å². The van der Waals surface area contributed by atoms with Gasteiger partial charge in [-0.2, -0.15) is 0 Å². The SMILES string of the molecule is CCCC[C@@H](c1nnnn1C[C@@H]1CCCO1)N1CCN(c2cc(C)ccc2C)CC1. The molecule has 164 valence electrons. The van der Waals surface area contributed by atoms with E-state index >= 15 is 0 Å². The predicted octanol–water partition coefficient (Wildman–Crippen LogP) is 3.52. The molecule has 2 fully saturated rings. The lowest BCUT2D eigenvalue weighted by Crippen LogP contribution is -2.48. The molecule has 30 heavy (non-hydrogen) atoms. The van der Waals surface area contributed by atoms with Crippen LogP contribution in [0.5, 0.6) is 0 Å². The van der Waals surface area contributed by atoms with Crippen molar-refractivity contribution >= 4 is 5.69 Å². The summed E-state index contributed by atoms with van der Waals surface area (Å²) >= 11 is 0. The molecule has 4 rings (SSSR count). The highest BCUT2D eigenvalue weighted by atomic mass is 16.5. The van der Waals surface area contributed by atoms with Gasteiger partial charge in [-0.05, 0) is 60.7 Å². The van der Waals surface area contributed by atoms with Crippen LogP contribution in [-0.2, 0) is 11.3 Å². The average molecular weight is 413 g/mol. The number of nitrogens with zero attached hydrogens (tertiary/aromatic N) is 6. The van der Waals surface area contributed by atoms with Gasteiger partial charge < -0.3 is 9.64 Å². The summed E-state index contributed by atoms with van der Waals surface area (Å²) in [6, 6.07) is 7.04. The van der Waals surface area contributed by atoms with Crippen molar-refractivity contribution in [2.45, 2.75) is 71.6 Å². The van der Waals surface area contributed by atoms with E-state index < -0.39 is 0 Å². The van der Waals surface area contributed by atoms with Gasteiger partial charge in [-0.25, -0.2) is 4.68 Å². The van der Waals surface area contributed by atoms with E-state index in [4.69, 9.17) is 4.74 Å². The molecule has 7 nitrogen and oxygen atoms in total. The third kappa shape index (κ3) is 4.83. The van der Waals surface area contributed by atoms with Crippen molar-refractivity contribution in [3.63, 3.8) is 0 Å². The Bertz CT molecular complexity index is 808. The van der Waals surface area contributed by atoms with Crippen LogP contribution in [-0.4, -0.2) is 64.0 Å². The van der Waals surface area contributed by atoms with E-state index in [2.05, 4.69) is 64.3 Å². The molecule has 2 atom stereocenters. The number of piperazine rings is 1. The molecule has 2 aliphatic rings. The lowest BCUT2D eigenvalue weighted by atomic mass is 10.0. The van der Waals surface area contributed by atoms with Crippen LogP contribution >= 0.6 is 0 Å². The minimum atomic E-state index is 0.250. The predicted molar refractivity (Wildman–Crippen MR) is 119 cm³/mol. The molecule has 3 heterocycles. The summed E-state index contributed by atoms with van der Waals surface area (Å²) < 4.78 is 7.84. The Morgan fingerprint density at radius 3 is 2.73 bits per heavy atom. The fraction of sp³-hybridized carbons (Fsp3) is 0.696. The van der Waals surface area contributed by atoms with Gasteiger partial charge in [-0.15, -0.1) is 5.10 Å². The maximum absolute atomic E-state index is 5.83. The number of tetrazole rings is 1. The van der Waals surface area contributed by atoms with E-state index in [0.29, 0.717) is 0 Å². The maximum Gasteiger partial charge on any atom is 0.168 e. The lowest BCUT2D eigenvalue weighted by molar-refractivity contribution is 0.0890. The third-order valence-corrected chi connectivity index (χ3v) is 6.55. The molecule has 0 aliphatic carbocycles. The molecule has 0 amide bonds. The van der Waals surface area contributed by atoms with Crippen LogP contribution in [0.15, 0.2) is 18.2 Å². The maximum atomic E-state index is 5.83. The van der Waals surface area contributed by atoms with Gasteiger partial charge in [0.15, 0.2) is 5.82 Å². The summed E-state index contributed by atoms with van der Waals surface area (Å²) in [6.45, 7) is 12.4. The van der Waals surface area contributed by atoms with Crippen LogP contribution in [0.4, 0.5) is 5.69 Å². The lowest BCUT2D eigenvalue weighted by Gasteiger charge is -2.40. The van der Waals surface area contributed by atoms with Gasteiger partial charge in [0, 0.05) is 38.5 Å². The van der Waals surface area contributed by atoms with E-state index in [9.17, 15) is 0 Å². The minimum absolute atomic E-state index is 0.250. The van der Waals surface area contributed by atoms with E-state index in [1.165, 1.54) is 29.7 Å². The van der Waals surface area contributed by atoms with E-state index in [1.54, 1.807) is 0 Å². The molecule has 1 aromatic heterocycles. The zero-order valence-electron chi connectivity index (χ0n) is 18.8. The molecule has 2 saturated heterocycles. The van der Waals surface area contributed by atoms with Crippen molar-refractivity contribution in [2.24, 2.45) is 0 Å². The number of aromatic nitrogens is 4. The van der Waals surface area contributed by atoms with Crippen LogP contribution < -0.4 is 4.90 Å². The monoisotopic (exact) mass is 412 g/mol. The zero-order valence-corrected chi connectivity index (χ0v) is 18.8. The van der Waals surface area contributed by atoms with Crippen LogP contribution in [0.1, 0.15) is 62.0 Å². The Kier molecular flexibility index (Phi) is 7.00. The molecule has 0 N–H and O–H groups in total. The fourth-order valence-electron chi connectivity index (χ4n) is 4.77. The molecule has 0 unspecified atom stereocenters. The Balaban J connectivity index is 1.46. The summed E-state index contributed by atoms with van der Waals surface area (Å²) in [5, 5.41) is 12.8.